The van der Waals surface area contributed by atoms with Crippen LogP contribution in [-0.2, 0) is 9.59 Å². The van der Waals surface area contributed by atoms with Gasteiger partial charge in [0.05, 0.1) is 31.9 Å². The number of benzene rings is 3. The molecule has 0 radical (unpaired) electrons. The van der Waals surface area contributed by atoms with E-state index in [-0.39, 0.29) is 11.3 Å². The lowest BCUT2D eigenvalue weighted by atomic mass is 9.95. The smallest absolute Gasteiger partial charge is 0.300 e. The zero-order valence-corrected chi connectivity index (χ0v) is 20.6. The van der Waals surface area contributed by atoms with Gasteiger partial charge in [0, 0.05) is 17.3 Å². The molecule has 0 spiro atoms. The highest BCUT2D eigenvalue weighted by Crippen LogP contribution is 2.43. The summed E-state index contributed by atoms with van der Waals surface area (Å²) in [6.45, 7) is 4.86. The van der Waals surface area contributed by atoms with E-state index < -0.39 is 17.7 Å². The molecule has 0 aliphatic carbocycles. The molecule has 1 saturated heterocycles. The highest BCUT2D eigenvalue weighted by atomic mass is 16.5. The van der Waals surface area contributed by atoms with Crippen LogP contribution in [0.2, 0.25) is 0 Å². The molecule has 3 aromatic rings. The Hall–Kier alpha value is -4.26. The average molecular weight is 488 g/mol. The lowest BCUT2D eigenvalue weighted by molar-refractivity contribution is -0.132. The Morgan fingerprint density at radius 1 is 0.889 bits per heavy atom. The monoisotopic (exact) mass is 487 g/mol. The van der Waals surface area contributed by atoms with Crippen molar-refractivity contribution >= 4 is 23.1 Å². The Kier molecular flexibility index (Phi) is 7.59. The number of aliphatic hydroxyl groups excluding tert-OH is 1. The zero-order chi connectivity index (χ0) is 25.7. The number of hydrogen-bond acceptors (Lipinski definition) is 6. The van der Waals surface area contributed by atoms with E-state index in [4.69, 9.17) is 14.2 Å². The number of hydrogen-bond donors (Lipinski definition) is 1. The molecule has 186 valence electrons. The molecule has 1 atom stereocenters. The first-order valence-corrected chi connectivity index (χ1v) is 11.9. The fraction of sp³-hybridized carbons (Fsp3) is 0.241. The molecule has 7 heteroatoms. The number of rotatable bonds is 9. The quantitative estimate of drug-likeness (QED) is 0.243. The van der Waals surface area contributed by atoms with Gasteiger partial charge in [0.15, 0.2) is 0 Å². The summed E-state index contributed by atoms with van der Waals surface area (Å²) in [5.41, 5.74) is 1.48. The maximum atomic E-state index is 13.4. The average Bonchev–Trinajstić information content (AvgIpc) is 3.17. The third kappa shape index (κ3) is 4.91. The van der Waals surface area contributed by atoms with Crippen molar-refractivity contribution in [3.05, 3.63) is 89.5 Å². The number of methoxy groups -OCH3 is 1. The summed E-state index contributed by atoms with van der Waals surface area (Å²) in [4.78, 5) is 28.2. The lowest BCUT2D eigenvalue weighted by Crippen LogP contribution is -2.29. The van der Waals surface area contributed by atoms with Crippen LogP contribution < -0.4 is 19.1 Å². The predicted octanol–water partition coefficient (Wildman–Crippen LogP) is 5.51. The number of Topliss-reactive ketones (excluding diaryl/α,β-unsaturated/α-hetero) is 1. The minimum Gasteiger partial charge on any atom is -0.507 e. The van der Waals surface area contributed by atoms with E-state index in [2.05, 4.69) is 0 Å². The second-order valence-electron chi connectivity index (χ2n) is 8.25. The molecule has 0 saturated carbocycles. The van der Waals surface area contributed by atoms with Crippen molar-refractivity contribution in [2.75, 3.05) is 25.2 Å². The van der Waals surface area contributed by atoms with Crippen molar-refractivity contribution < 1.29 is 28.9 Å². The summed E-state index contributed by atoms with van der Waals surface area (Å²) in [5.74, 6) is -0.0838. The molecule has 4 rings (SSSR count). The summed E-state index contributed by atoms with van der Waals surface area (Å²) in [7, 11) is 1.53. The summed E-state index contributed by atoms with van der Waals surface area (Å²) in [5, 5.41) is 11.4. The van der Waals surface area contributed by atoms with Crippen LogP contribution in [-0.4, -0.2) is 37.1 Å². The first-order chi connectivity index (χ1) is 17.5. The van der Waals surface area contributed by atoms with Crippen LogP contribution in [0.3, 0.4) is 0 Å². The summed E-state index contributed by atoms with van der Waals surface area (Å²) in [6, 6.07) is 20.1. The molecule has 1 aliphatic heterocycles. The molecular formula is C29H29NO6. The highest BCUT2D eigenvalue weighted by molar-refractivity contribution is 6.51. The number of amides is 1. The summed E-state index contributed by atoms with van der Waals surface area (Å²) < 4.78 is 16.7. The van der Waals surface area contributed by atoms with Gasteiger partial charge in [0.2, 0.25) is 0 Å². The predicted molar refractivity (Wildman–Crippen MR) is 138 cm³/mol. The maximum absolute atomic E-state index is 13.4. The number of anilines is 1. The van der Waals surface area contributed by atoms with Gasteiger partial charge in [-0.1, -0.05) is 37.3 Å². The third-order valence-electron chi connectivity index (χ3n) is 5.84. The molecule has 0 aromatic heterocycles. The largest absolute Gasteiger partial charge is 0.507 e. The maximum Gasteiger partial charge on any atom is 0.300 e. The molecule has 1 N–H and O–H groups in total. The van der Waals surface area contributed by atoms with Gasteiger partial charge in [-0.05, 0) is 55.3 Å². The molecule has 1 heterocycles. The van der Waals surface area contributed by atoms with Crippen molar-refractivity contribution in [2.45, 2.75) is 26.3 Å². The van der Waals surface area contributed by atoms with Crippen molar-refractivity contribution in [1.82, 2.24) is 0 Å². The van der Waals surface area contributed by atoms with E-state index in [0.29, 0.717) is 47.3 Å². The van der Waals surface area contributed by atoms with Crippen LogP contribution in [0, 0.1) is 0 Å². The van der Waals surface area contributed by atoms with Crippen molar-refractivity contribution in [3.8, 4) is 17.2 Å². The Balaban J connectivity index is 1.91. The fourth-order valence-electron chi connectivity index (χ4n) is 4.22. The number of carbonyl (C=O) groups excluding carboxylic acids is 2. The molecule has 1 amide bonds. The molecule has 1 aliphatic rings. The standard InChI is InChI=1S/C29H29NO6/c1-4-15-36-24-14-6-9-19(16-24)26-25(27(31)20-10-7-13-23(17-20)35-5-2)28(32)29(33)30(26)21-11-8-12-22(18-21)34-3/h6-14,16-18,26,31H,4-5,15H2,1-3H3/b27-25+. The minimum atomic E-state index is -0.877. The van der Waals surface area contributed by atoms with E-state index in [1.807, 2.05) is 32.0 Å². The van der Waals surface area contributed by atoms with Crippen molar-refractivity contribution in [1.29, 1.82) is 0 Å². The molecular weight excluding hydrogens is 458 g/mol. The second kappa shape index (κ2) is 11.0. The number of carbonyl (C=O) groups is 2. The lowest BCUT2D eigenvalue weighted by Gasteiger charge is -2.26. The van der Waals surface area contributed by atoms with Gasteiger partial charge in [-0.3, -0.25) is 14.5 Å². The van der Waals surface area contributed by atoms with Gasteiger partial charge >= 0.3 is 0 Å². The molecule has 3 aromatic carbocycles. The Morgan fingerprint density at radius 3 is 2.31 bits per heavy atom. The van der Waals surface area contributed by atoms with Crippen LogP contribution >= 0.6 is 0 Å². The number of nitrogens with zero attached hydrogens (tertiary/aromatic N) is 1. The molecule has 1 fully saturated rings. The fourth-order valence-corrected chi connectivity index (χ4v) is 4.22. The van der Waals surface area contributed by atoms with Gasteiger partial charge < -0.3 is 19.3 Å². The Labute approximate surface area is 210 Å². The van der Waals surface area contributed by atoms with E-state index in [1.165, 1.54) is 12.0 Å². The minimum absolute atomic E-state index is 0.0101. The number of ketones is 1. The zero-order valence-electron chi connectivity index (χ0n) is 20.6. The SMILES string of the molecule is CCCOc1cccc(C2/C(=C(\O)c3cccc(OCC)c3)C(=O)C(=O)N2c2cccc(OC)c2)c1. The normalized spacial score (nSPS) is 16.8. The van der Waals surface area contributed by atoms with E-state index in [1.54, 1.807) is 54.6 Å². The molecule has 1 unspecified atom stereocenters. The first kappa shape index (κ1) is 24.9. The van der Waals surface area contributed by atoms with Gasteiger partial charge in [0.1, 0.15) is 23.0 Å². The Morgan fingerprint density at radius 2 is 1.58 bits per heavy atom. The third-order valence-corrected chi connectivity index (χ3v) is 5.84. The van der Waals surface area contributed by atoms with E-state index in [0.717, 1.165) is 6.42 Å². The van der Waals surface area contributed by atoms with Crippen LogP contribution in [0.25, 0.3) is 5.76 Å². The number of aliphatic hydroxyl groups is 1. The first-order valence-electron chi connectivity index (χ1n) is 11.9. The van der Waals surface area contributed by atoms with Gasteiger partial charge in [-0.2, -0.15) is 0 Å². The van der Waals surface area contributed by atoms with Gasteiger partial charge in [-0.25, -0.2) is 0 Å². The van der Waals surface area contributed by atoms with E-state index in [9.17, 15) is 14.7 Å². The van der Waals surface area contributed by atoms with E-state index >= 15 is 0 Å². The molecule has 0 bridgehead atoms. The second-order valence-corrected chi connectivity index (χ2v) is 8.25. The number of ether oxygens (including phenoxy) is 3. The van der Waals surface area contributed by atoms with Crippen molar-refractivity contribution in [2.24, 2.45) is 0 Å². The van der Waals surface area contributed by atoms with Crippen LogP contribution in [0.15, 0.2) is 78.4 Å². The highest BCUT2D eigenvalue weighted by Gasteiger charge is 2.47. The van der Waals surface area contributed by atoms with Crippen LogP contribution in [0.1, 0.15) is 37.4 Å². The topological polar surface area (TPSA) is 85.3 Å². The molecule has 36 heavy (non-hydrogen) atoms. The van der Waals surface area contributed by atoms with Crippen LogP contribution in [0.5, 0.6) is 17.2 Å². The summed E-state index contributed by atoms with van der Waals surface area (Å²) in [6.07, 6.45) is 0.836. The van der Waals surface area contributed by atoms with Gasteiger partial charge in [-0.15, -0.1) is 0 Å². The van der Waals surface area contributed by atoms with Gasteiger partial charge in [0.25, 0.3) is 11.7 Å². The van der Waals surface area contributed by atoms with Crippen LogP contribution in [0.4, 0.5) is 5.69 Å². The Bertz CT molecular complexity index is 1300. The van der Waals surface area contributed by atoms with Crippen molar-refractivity contribution in [3.63, 3.8) is 0 Å². The summed E-state index contributed by atoms with van der Waals surface area (Å²) >= 11 is 0. The molecule has 7 nitrogen and oxygen atoms in total.